The van der Waals surface area contributed by atoms with Crippen molar-refractivity contribution in [2.75, 3.05) is 19.7 Å². The number of hydrogen-bond acceptors (Lipinski definition) is 3. The van der Waals surface area contributed by atoms with E-state index in [4.69, 9.17) is 5.11 Å². The van der Waals surface area contributed by atoms with Crippen molar-refractivity contribution in [3.05, 3.63) is 29.6 Å². The van der Waals surface area contributed by atoms with E-state index in [2.05, 4.69) is 30.7 Å². The summed E-state index contributed by atoms with van der Waals surface area (Å²) in [6.07, 6.45) is 3.19. The van der Waals surface area contributed by atoms with Crippen LogP contribution in [0.2, 0.25) is 0 Å². The lowest BCUT2D eigenvalue weighted by atomic mass is 9.91. The summed E-state index contributed by atoms with van der Waals surface area (Å²) in [6, 6.07) is 3.59. The SMILES string of the molecule is CC1CC(C)CN(C(=O)c2ncccc2C#CCCO)C1. The molecule has 1 saturated heterocycles. The summed E-state index contributed by atoms with van der Waals surface area (Å²) < 4.78 is 0. The molecule has 1 aromatic heterocycles. The second-order valence-electron chi connectivity index (χ2n) is 5.83. The van der Waals surface area contributed by atoms with Crippen LogP contribution in [0, 0.1) is 23.7 Å². The molecule has 2 rings (SSSR count). The quantitative estimate of drug-likeness (QED) is 0.845. The molecule has 4 nitrogen and oxygen atoms in total. The normalized spacial score (nSPS) is 21.6. The van der Waals surface area contributed by atoms with Crippen LogP contribution in [-0.2, 0) is 0 Å². The molecule has 1 amide bonds. The third kappa shape index (κ3) is 4.05. The van der Waals surface area contributed by atoms with Gasteiger partial charge in [-0.25, -0.2) is 4.98 Å². The predicted octanol–water partition coefficient (Wildman–Crippen LogP) is 1.93. The highest BCUT2D eigenvalue weighted by Crippen LogP contribution is 2.22. The lowest BCUT2D eigenvalue weighted by Gasteiger charge is -2.34. The van der Waals surface area contributed by atoms with Crippen LogP contribution >= 0.6 is 0 Å². The highest BCUT2D eigenvalue weighted by Gasteiger charge is 2.27. The average Bonchev–Trinajstić information content (AvgIpc) is 2.46. The van der Waals surface area contributed by atoms with Gasteiger partial charge < -0.3 is 10.0 Å². The molecule has 2 atom stereocenters. The monoisotopic (exact) mass is 286 g/mol. The van der Waals surface area contributed by atoms with Crippen molar-refractivity contribution in [2.24, 2.45) is 11.8 Å². The van der Waals surface area contributed by atoms with Crippen molar-refractivity contribution in [3.63, 3.8) is 0 Å². The number of likely N-dealkylation sites (tertiary alicyclic amines) is 1. The molecule has 21 heavy (non-hydrogen) atoms. The fraction of sp³-hybridized carbons (Fsp3) is 0.529. The molecule has 2 heterocycles. The van der Waals surface area contributed by atoms with Crippen LogP contribution < -0.4 is 0 Å². The largest absolute Gasteiger partial charge is 0.395 e. The number of carbonyl (C=O) groups excluding carboxylic acids is 1. The van der Waals surface area contributed by atoms with Crippen molar-refractivity contribution < 1.29 is 9.90 Å². The molecule has 1 aliphatic heterocycles. The number of rotatable bonds is 2. The van der Waals surface area contributed by atoms with Gasteiger partial charge in [0.1, 0.15) is 5.69 Å². The van der Waals surface area contributed by atoms with E-state index in [1.54, 1.807) is 18.3 Å². The Morgan fingerprint density at radius 3 is 2.81 bits per heavy atom. The number of aromatic nitrogens is 1. The van der Waals surface area contributed by atoms with Crippen molar-refractivity contribution in [1.29, 1.82) is 0 Å². The predicted molar refractivity (Wildman–Crippen MR) is 81.7 cm³/mol. The molecular formula is C17H22N2O2. The van der Waals surface area contributed by atoms with Gasteiger partial charge >= 0.3 is 0 Å². The topological polar surface area (TPSA) is 53.4 Å². The lowest BCUT2D eigenvalue weighted by molar-refractivity contribution is 0.0617. The molecule has 0 spiro atoms. The van der Waals surface area contributed by atoms with Crippen molar-refractivity contribution in [3.8, 4) is 11.8 Å². The Bertz CT molecular complexity index is 549. The zero-order valence-electron chi connectivity index (χ0n) is 12.7. The summed E-state index contributed by atoms with van der Waals surface area (Å²) >= 11 is 0. The Balaban J connectivity index is 2.21. The molecule has 112 valence electrons. The fourth-order valence-corrected chi connectivity index (χ4v) is 2.87. The van der Waals surface area contributed by atoms with Crippen molar-refractivity contribution in [2.45, 2.75) is 26.7 Å². The number of hydrogen-bond donors (Lipinski definition) is 1. The van der Waals surface area contributed by atoms with Gasteiger partial charge in [0.05, 0.1) is 12.2 Å². The summed E-state index contributed by atoms with van der Waals surface area (Å²) in [5.74, 6) is 6.79. The van der Waals surface area contributed by atoms with E-state index in [1.165, 1.54) is 0 Å². The number of pyridine rings is 1. The Kier molecular flexibility index (Phi) is 5.35. The van der Waals surface area contributed by atoms with Crippen LogP contribution in [0.4, 0.5) is 0 Å². The molecule has 1 N–H and O–H groups in total. The summed E-state index contributed by atoms with van der Waals surface area (Å²) in [4.78, 5) is 18.8. The second kappa shape index (κ2) is 7.24. The molecule has 0 aromatic carbocycles. The van der Waals surface area contributed by atoms with Gasteiger partial charge in [-0.1, -0.05) is 25.7 Å². The van der Waals surface area contributed by atoms with E-state index in [0.29, 0.717) is 29.5 Å². The van der Waals surface area contributed by atoms with Crippen LogP contribution in [0.1, 0.15) is 42.7 Å². The smallest absolute Gasteiger partial charge is 0.273 e. The number of nitrogens with zero attached hydrogens (tertiary/aromatic N) is 2. The minimum absolute atomic E-state index is 0.0255. The first-order chi connectivity index (χ1) is 10.1. The summed E-state index contributed by atoms with van der Waals surface area (Å²) in [7, 11) is 0. The highest BCUT2D eigenvalue weighted by molar-refractivity contribution is 5.94. The van der Waals surface area contributed by atoms with Gasteiger partial charge in [0, 0.05) is 25.7 Å². The maximum atomic E-state index is 12.7. The number of carbonyl (C=O) groups is 1. The standard InChI is InChI=1S/C17H22N2O2/c1-13-10-14(2)12-19(11-13)17(21)16-15(6-3-4-9-20)7-5-8-18-16/h5,7-8,13-14,20H,4,9-12H2,1-2H3. The molecule has 4 heteroatoms. The van der Waals surface area contributed by atoms with Gasteiger partial charge in [-0.3, -0.25) is 4.79 Å². The second-order valence-corrected chi connectivity index (χ2v) is 5.83. The molecule has 0 radical (unpaired) electrons. The van der Waals surface area contributed by atoms with E-state index < -0.39 is 0 Å². The Hall–Kier alpha value is -1.86. The van der Waals surface area contributed by atoms with Crippen LogP contribution in [0.3, 0.4) is 0 Å². The van der Waals surface area contributed by atoms with E-state index in [0.717, 1.165) is 19.5 Å². The molecule has 2 unspecified atom stereocenters. The molecular weight excluding hydrogens is 264 g/mol. The zero-order chi connectivity index (χ0) is 15.2. The minimum Gasteiger partial charge on any atom is -0.395 e. The van der Waals surface area contributed by atoms with Gasteiger partial charge in [-0.2, -0.15) is 0 Å². The van der Waals surface area contributed by atoms with Crippen molar-refractivity contribution in [1.82, 2.24) is 9.88 Å². The van der Waals surface area contributed by atoms with Crippen molar-refractivity contribution >= 4 is 5.91 Å². The van der Waals surface area contributed by atoms with E-state index in [1.807, 2.05) is 4.90 Å². The molecule has 1 aromatic rings. The average molecular weight is 286 g/mol. The molecule has 0 bridgehead atoms. The van der Waals surface area contributed by atoms with Crippen LogP contribution in [0.15, 0.2) is 18.3 Å². The van der Waals surface area contributed by atoms with Crippen LogP contribution in [-0.4, -0.2) is 40.6 Å². The van der Waals surface area contributed by atoms with Gasteiger partial charge in [0.15, 0.2) is 0 Å². The first-order valence-corrected chi connectivity index (χ1v) is 7.45. The maximum absolute atomic E-state index is 12.7. The van der Waals surface area contributed by atoms with E-state index >= 15 is 0 Å². The lowest BCUT2D eigenvalue weighted by Crippen LogP contribution is -2.43. The van der Waals surface area contributed by atoms with Gasteiger partial charge in [0.25, 0.3) is 5.91 Å². The first kappa shape index (κ1) is 15.5. The van der Waals surface area contributed by atoms with Crippen LogP contribution in [0.25, 0.3) is 0 Å². The number of aliphatic hydroxyl groups excluding tert-OH is 1. The maximum Gasteiger partial charge on any atom is 0.273 e. The Morgan fingerprint density at radius 1 is 1.43 bits per heavy atom. The zero-order valence-corrected chi connectivity index (χ0v) is 12.7. The minimum atomic E-state index is -0.0395. The third-order valence-electron chi connectivity index (χ3n) is 3.63. The third-order valence-corrected chi connectivity index (χ3v) is 3.63. The number of piperidine rings is 1. The highest BCUT2D eigenvalue weighted by atomic mass is 16.2. The Labute approximate surface area is 126 Å². The van der Waals surface area contributed by atoms with E-state index in [-0.39, 0.29) is 12.5 Å². The van der Waals surface area contributed by atoms with Crippen LogP contribution in [0.5, 0.6) is 0 Å². The molecule has 1 aliphatic rings. The summed E-state index contributed by atoms with van der Waals surface area (Å²) in [5.41, 5.74) is 1.06. The van der Waals surface area contributed by atoms with Gasteiger partial charge in [0.2, 0.25) is 0 Å². The summed E-state index contributed by atoms with van der Waals surface area (Å²) in [5, 5.41) is 8.79. The van der Waals surface area contributed by atoms with Gasteiger partial charge in [-0.15, -0.1) is 0 Å². The van der Waals surface area contributed by atoms with E-state index in [9.17, 15) is 4.79 Å². The molecule has 0 aliphatic carbocycles. The summed E-state index contributed by atoms with van der Waals surface area (Å²) in [6.45, 7) is 5.94. The van der Waals surface area contributed by atoms with Gasteiger partial charge in [-0.05, 0) is 30.4 Å². The molecule has 1 fully saturated rings. The first-order valence-electron chi connectivity index (χ1n) is 7.45. The Morgan fingerprint density at radius 2 is 2.14 bits per heavy atom. The number of amides is 1. The molecule has 0 saturated carbocycles. The fourth-order valence-electron chi connectivity index (χ4n) is 2.87. The number of aliphatic hydroxyl groups is 1.